The summed E-state index contributed by atoms with van der Waals surface area (Å²) >= 11 is 0. The van der Waals surface area contributed by atoms with Crippen LogP contribution in [-0.2, 0) is 40.0 Å². The molecule has 0 aliphatic carbocycles. The number of nitrogens with one attached hydrogen (secondary N) is 5. The molecule has 5 aromatic heterocycles. The molecule has 11 aromatic rings. The van der Waals surface area contributed by atoms with Gasteiger partial charge in [-0.2, -0.15) is 8.78 Å². The number of morpholine rings is 3. The number of amides is 1. The number of carbonyl (C=O) groups excluding carboxylic acids is 1. The Morgan fingerprint density at radius 2 is 0.851 bits per heavy atom. The highest BCUT2D eigenvalue weighted by atomic mass is 19.1. The van der Waals surface area contributed by atoms with Crippen LogP contribution in [0.4, 0.5) is 42.9 Å². The van der Waals surface area contributed by atoms with E-state index < -0.39 is 17.8 Å². The smallest absolute Gasteiger partial charge is 0.255 e. The molecule has 7 N–H and O–H groups in total. The van der Waals surface area contributed by atoms with Crippen molar-refractivity contribution in [3.63, 3.8) is 0 Å². The molecule has 510 valence electrons. The summed E-state index contributed by atoms with van der Waals surface area (Å²) in [6.07, 6.45) is 4.75. The summed E-state index contributed by atoms with van der Waals surface area (Å²) in [5.41, 5.74) is 22.2. The molecule has 3 saturated heterocycles. The number of aromatic amines is 3. The van der Waals surface area contributed by atoms with Crippen LogP contribution >= 0.6 is 0 Å². The highest BCUT2D eigenvalue weighted by Crippen LogP contribution is 2.47. The van der Waals surface area contributed by atoms with Gasteiger partial charge in [-0.3, -0.25) is 19.2 Å². The van der Waals surface area contributed by atoms with Crippen LogP contribution in [0.5, 0.6) is 34.5 Å². The Bertz CT molecular complexity index is 5140. The molecule has 23 heteroatoms. The maximum absolute atomic E-state index is 13.4. The number of fused-ring (bicyclic) bond motifs is 6. The van der Waals surface area contributed by atoms with Crippen LogP contribution in [0.3, 0.4) is 0 Å². The number of H-pyrrole nitrogens is 3. The molecule has 0 spiro atoms. The van der Waals surface area contributed by atoms with E-state index in [4.69, 9.17) is 34.2 Å². The van der Waals surface area contributed by atoms with Crippen molar-refractivity contribution in [2.24, 2.45) is 0 Å². The van der Waals surface area contributed by atoms with Gasteiger partial charge in [0, 0.05) is 175 Å². The zero-order valence-corrected chi connectivity index (χ0v) is 54.8. The Hall–Kier alpha value is -11.9. The number of para-hydroxylation sites is 3. The van der Waals surface area contributed by atoms with Gasteiger partial charge in [0.05, 0.1) is 56.7 Å². The normalized spacial score (nSPS) is 14.7. The van der Waals surface area contributed by atoms with Gasteiger partial charge in [-0.1, -0.05) is 36.4 Å². The number of benzene rings is 6. The Balaban J connectivity index is 0.000000124. The van der Waals surface area contributed by atoms with E-state index in [1.807, 2.05) is 103 Å². The number of ether oxygens (including phenoxy) is 6. The molecule has 6 aliphatic rings. The standard InChI is InChI=1S/C28H23FN4O4.C28H25FN4O3.C22H21N3O3/c29-25-14-18(6-7-30-25)28(35)31-20-4-5-24-19(13-20)12-17-2-1-3-22(27(17)37-24)23-15-21(16-26(34)32-23)33-8-10-36-11-9-33;29-26-12-18(6-7-30-26)17-31-21-4-5-25-20(14-21)13-19-2-1-3-23(28(19)36-25)24-15-22(16-27(34)32-24)33-8-10-35-11-9-33;23-16-4-5-20-15(11-16)10-14-2-1-3-18(22(14)28-20)19-12-17(13-21(26)24-19)25-6-8-27-9-7-25/h1-7,13-16H,8-12H2,(H,31,35)(H,32,34);1-7,12,14-16,31H,8-11,13,17H2,(H,32,34);1-5,11-13H,6-10,23H2,(H,24,26). The maximum Gasteiger partial charge on any atom is 0.255 e. The fraction of sp³-hybridized carbons (Fsp3) is 0.205. The second kappa shape index (κ2) is 28.9. The summed E-state index contributed by atoms with van der Waals surface area (Å²) in [5, 5.41) is 6.14. The molecule has 3 fully saturated rings. The summed E-state index contributed by atoms with van der Waals surface area (Å²) in [7, 11) is 0. The largest absolute Gasteiger partial charge is 0.456 e. The predicted molar refractivity (Wildman–Crippen MR) is 383 cm³/mol. The van der Waals surface area contributed by atoms with E-state index in [0.29, 0.717) is 81.9 Å². The quantitative estimate of drug-likeness (QED) is 0.0520. The Morgan fingerprint density at radius 3 is 1.30 bits per heavy atom. The Kier molecular flexibility index (Phi) is 18.6. The molecule has 0 bridgehead atoms. The van der Waals surface area contributed by atoms with Gasteiger partial charge < -0.3 is 74.4 Å². The number of aromatic nitrogens is 5. The highest BCUT2D eigenvalue weighted by molar-refractivity contribution is 6.04. The number of halogens is 2. The molecule has 0 atom stereocenters. The lowest BCUT2D eigenvalue weighted by atomic mass is 9.96. The number of hydrogen-bond donors (Lipinski definition) is 6. The number of rotatable bonds is 11. The number of hydrogen-bond acceptors (Lipinski definition) is 17. The third kappa shape index (κ3) is 14.8. The highest BCUT2D eigenvalue weighted by Gasteiger charge is 2.27. The van der Waals surface area contributed by atoms with Crippen molar-refractivity contribution in [2.75, 3.05) is 110 Å². The van der Waals surface area contributed by atoms with Crippen LogP contribution in [0.2, 0.25) is 0 Å². The van der Waals surface area contributed by atoms with Crippen molar-refractivity contribution in [2.45, 2.75) is 25.8 Å². The lowest BCUT2D eigenvalue weighted by Crippen LogP contribution is -2.36. The van der Waals surface area contributed by atoms with Crippen molar-refractivity contribution in [3.8, 4) is 68.3 Å². The first-order valence-electron chi connectivity index (χ1n) is 33.4. The number of anilines is 6. The van der Waals surface area contributed by atoms with Gasteiger partial charge in [0.25, 0.3) is 5.91 Å². The number of carbonyl (C=O) groups is 1. The van der Waals surface area contributed by atoms with Crippen LogP contribution in [0.25, 0.3) is 33.8 Å². The number of nitrogens with two attached hydrogens (primary N) is 1. The van der Waals surface area contributed by atoms with E-state index in [1.165, 1.54) is 24.5 Å². The van der Waals surface area contributed by atoms with Gasteiger partial charge in [-0.05, 0) is 131 Å². The molecule has 0 saturated carbocycles. The minimum absolute atomic E-state index is 0.124. The monoisotopic (exact) mass is 1360 g/mol. The number of nitrogen functional groups attached to an aromatic ring is 1. The van der Waals surface area contributed by atoms with Gasteiger partial charge in [-0.15, -0.1) is 0 Å². The van der Waals surface area contributed by atoms with Gasteiger partial charge in [0.1, 0.15) is 34.5 Å². The zero-order valence-electron chi connectivity index (χ0n) is 54.8. The van der Waals surface area contributed by atoms with Crippen LogP contribution in [0.1, 0.15) is 49.3 Å². The topological polar surface area (TPSA) is 257 Å². The van der Waals surface area contributed by atoms with Crippen molar-refractivity contribution < 1.29 is 42.0 Å². The van der Waals surface area contributed by atoms with Crippen molar-refractivity contribution in [3.05, 3.63) is 270 Å². The van der Waals surface area contributed by atoms with Gasteiger partial charge in [0.15, 0.2) is 0 Å². The number of nitrogens with zero attached hydrogens (tertiary/aromatic N) is 5. The predicted octanol–water partition coefficient (Wildman–Crippen LogP) is 12.2. The third-order valence-electron chi connectivity index (χ3n) is 18.3. The molecule has 11 heterocycles. The fourth-order valence-corrected chi connectivity index (χ4v) is 13.3. The lowest BCUT2D eigenvalue weighted by molar-refractivity contribution is 0.102. The Morgan fingerprint density at radius 1 is 0.446 bits per heavy atom. The second-order valence-corrected chi connectivity index (χ2v) is 25.0. The number of pyridine rings is 5. The average molecular weight is 1360 g/mol. The SMILES string of the molecule is Nc1ccc2c(c1)Cc1cccc(-c3cc(N4CCOCC4)cc(=O)[nH]3)c1O2.O=C(Nc1ccc2c(c1)Cc1cccc(-c3cc(N4CCOCC4)cc(=O)[nH]3)c1O2)c1ccnc(F)c1.O=c1cc(N2CCOCC2)cc(-c2cccc3c2Oc2ccc(NCc4ccnc(F)c4)cc2C3)[nH]1. The molecule has 0 radical (unpaired) electrons. The molecule has 0 unspecified atom stereocenters. The van der Waals surface area contributed by atoms with Crippen molar-refractivity contribution >= 4 is 40.0 Å². The molecule has 21 nitrogen and oxygen atoms in total. The molecule has 6 aromatic carbocycles. The van der Waals surface area contributed by atoms with Gasteiger partial charge >= 0.3 is 0 Å². The van der Waals surface area contributed by atoms with Crippen LogP contribution in [-0.4, -0.2) is 110 Å². The second-order valence-electron chi connectivity index (χ2n) is 25.0. The molecular formula is C78H69F2N11O10. The van der Waals surface area contributed by atoms with Crippen LogP contribution < -0.4 is 62.0 Å². The summed E-state index contributed by atoms with van der Waals surface area (Å²) in [6, 6.07) is 51.5. The summed E-state index contributed by atoms with van der Waals surface area (Å²) in [4.78, 5) is 72.4. The molecular weight excluding hydrogens is 1290 g/mol. The van der Waals surface area contributed by atoms with E-state index in [-0.39, 0.29) is 22.2 Å². The molecule has 6 aliphatic heterocycles. The minimum Gasteiger partial charge on any atom is -0.456 e. The fourth-order valence-electron chi connectivity index (χ4n) is 13.3. The third-order valence-corrected chi connectivity index (χ3v) is 18.3. The van der Waals surface area contributed by atoms with Crippen LogP contribution in [0.15, 0.2) is 197 Å². The molecule has 101 heavy (non-hydrogen) atoms. The summed E-state index contributed by atoms with van der Waals surface area (Å²) in [5.74, 6) is 2.86. The van der Waals surface area contributed by atoms with Gasteiger partial charge in [-0.25, -0.2) is 9.97 Å². The van der Waals surface area contributed by atoms with Gasteiger partial charge in [0.2, 0.25) is 28.6 Å². The van der Waals surface area contributed by atoms with E-state index in [2.05, 4.69) is 62.4 Å². The average Bonchev–Trinajstić information content (AvgIpc) is 0.781. The van der Waals surface area contributed by atoms with Crippen molar-refractivity contribution in [1.29, 1.82) is 0 Å². The first-order valence-corrected chi connectivity index (χ1v) is 33.4. The van der Waals surface area contributed by atoms with E-state index >= 15 is 0 Å². The molecule has 1 amide bonds. The Labute approximate surface area is 578 Å². The van der Waals surface area contributed by atoms with Crippen LogP contribution in [0, 0.1) is 11.9 Å². The summed E-state index contributed by atoms with van der Waals surface area (Å²) < 4.78 is 62.0. The first-order chi connectivity index (χ1) is 49.3. The lowest BCUT2D eigenvalue weighted by Gasteiger charge is -2.29. The minimum atomic E-state index is -0.712. The summed E-state index contributed by atoms with van der Waals surface area (Å²) in [6.45, 7) is 8.93. The van der Waals surface area contributed by atoms with Crippen molar-refractivity contribution in [1.82, 2.24) is 24.9 Å². The van der Waals surface area contributed by atoms with E-state index in [1.54, 1.807) is 36.4 Å². The van der Waals surface area contributed by atoms with E-state index in [9.17, 15) is 28.0 Å². The first kappa shape index (κ1) is 65.0. The molecule has 17 rings (SSSR count). The zero-order chi connectivity index (χ0) is 68.9. The maximum atomic E-state index is 13.4. The van der Waals surface area contributed by atoms with E-state index in [0.717, 1.165) is 170 Å².